The molecule has 0 radical (unpaired) electrons. The van der Waals surface area contributed by atoms with E-state index in [0.29, 0.717) is 18.0 Å². The summed E-state index contributed by atoms with van der Waals surface area (Å²) in [5, 5.41) is 8.74. The van der Waals surface area contributed by atoms with Crippen LogP contribution in [0.25, 0.3) is 0 Å². The first-order chi connectivity index (χ1) is 10.1. The summed E-state index contributed by atoms with van der Waals surface area (Å²) in [4.78, 5) is 2.44. The van der Waals surface area contributed by atoms with Crippen LogP contribution < -0.4 is 0 Å². The second-order valence-electron chi connectivity index (χ2n) is 6.06. The summed E-state index contributed by atoms with van der Waals surface area (Å²) in [6, 6.07) is 5.66. The summed E-state index contributed by atoms with van der Waals surface area (Å²) >= 11 is 0. The Morgan fingerprint density at radius 2 is 2.14 bits per heavy atom. The van der Waals surface area contributed by atoms with E-state index in [0.717, 1.165) is 24.6 Å². The summed E-state index contributed by atoms with van der Waals surface area (Å²) in [6.45, 7) is 6.38. The van der Waals surface area contributed by atoms with Gasteiger partial charge in [0.1, 0.15) is 5.82 Å². The molecule has 21 heavy (non-hydrogen) atoms. The van der Waals surface area contributed by atoms with Gasteiger partial charge in [-0.25, -0.2) is 4.39 Å². The zero-order valence-corrected chi connectivity index (χ0v) is 12.9. The topological polar surface area (TPSA) is 23.5 Å². The Kier molecular flexibility index (Phi) is 5.78. The van der Waals surface area contributed by atoms with E-state index >= 15 is 0 Å². The van der Waals surface area contributed by atoms with E-state index in [2.05, 4.69) is 30.6 Å². The molecule has 1 saturated carbocycles. The number of benzene rings is 1. The molecule has 1 aliphatic rings. The maximum Gasteiger partial charge on any atom is 0.138 e. The summed E-state index contributed by atoms with van der Waals surface area (Å²) in [5.41, 5.74) is 1.52. The predicted octanol–water partition coefficient (Wildman–Crippen LogP) is 3.18. The number of hydrogen-bond acceptors (Lipinski definition) is 2. The van der Waals surface area contributed by atoms with Crippen molar-refractivity contribution in [2.75, 3.05) is 13.2 Å². The fourth-order valence-electron chi connectivity index (χ4n) is 2.30. The largest absolute Gasteiger partial charge is 0.395 e. The van der Waals surface area contributed by atoms with E-state index in [1.165, 1.54) is 18.9 Å². The van der Waals surface area contributed by atoms with Gasteiger partial charge in [-0.05, 0) is 50.3 Å². The highest BCUT2D eigenvalue weighted by Gasteiger charge is 2.25. The van der Waals surface area contributed by atoms with E-state index in [-0.39, 0.29) is 12.4 Å². The van der Waals surface area contributed by atoms with Crippen molar-refractivity contribution in [1.82, 2.24) is 4.90 Å². The van der Waals surface area contributed by atoms with Gasteiger partial charge in [-0.1, -0.05) is 17.9 Å². The Morgan fingerprint density at radius 3 is 2.76 bits per heavy atom. The van der Waals surface area contributed by atoms with Crippen molar-refractivity contribution in [3.8, 4) is 11.8 Å². The standard InChI is InChI=1S/C18H24FNO/c1-14(2)20(12-15-6-7-15)13-16-8-9-18(19)17(11-16)5-3-4-10-21/h8-9,11,14-15,21H,4,6-7,10,12-13H2,1-2H3. The molecule has 2 rings (SSSR count). The van der Waals surface area contributed by atoms with Gasteiger partial charge < -0.3 is 5.11 Å². The highest BCUT2D eigenvalue weighted by molar-refractivity contribution is 5.38. The van der Waals surface area contributed by atoms with Gasteiger partial charge in [0.05, 0.1) is 12.2 Å². The van der Waals surface area contributed by atoms with Gasteiger partial charge in [-0.15, -0.1) is 0 Å². The third-order valence-electron chi connectivity index (χ3n) is 3.80. The molecule has 0 bridgehead atoms. The van der Waals surface area contributed by atoms with Gasteiger partial charge in [0, 0.05) is 25.6 Å². The van der Waals surface area contributed by atoms with Crippen LogP contribution in [0.15, 0.2) is 18.2 Å². The first-order valence-corrected chi connectivity index (χ1v) is 7.72. The van der Waals surface area contributed by atoms with Gasteiger partial charge in [-0.3, -0.25) is 4.90 Å². The molecule has 0 atom stereocenters. The van der Waals surface area contributed by atoms with Crippen molar-refractivity contribution >= 4 is 0 Å². The maximum absolute atomic E-state index is 13.7. The number of aliphatic hydroxyl groups is 1. The zero-order chi connectivity index (χ0) is 15.2. The van der Waals surface area contributed by atoms with Gasteiger partial charge in [0.25, 0.3) is 0 Å². The summed E-state index contributed by atoms with van der Waals surface area (Å²) in [6.07, 6.45) is 3.05. The molecule has 1 aromatic rings. The quantitative estimate of drug-likeness (QED) is 0.813. The average molecular weight is 289 g/mol. The molecule has 0 aliphatic heterocycles. The number of hydrogen-bond donors (Lipinski definition) is 1. The fourth-order valence-corrected chi connectivity index (χ4v) is 2.30. The van der Waals surface area contributed by atoms with Gasteiger partial charge >= 0.3 is 0 Å². The van der Waals surface area contributed by atoms with E-state index in [4.69, 9.17) is 5.11 Å². The SMILES string of the molecule is CC(C)N(Cc1ccc(F)c(C#CCCO)c1)CC1CC1. The molecule has 1 N–H and O–H groups in total. The van der Waals surface area contributed by atoms with E-state index < -0.39 is 0 Å². The first kappa shape index (κ1) is 16.0. The lowest BCUT2D eigenvalue weighted by molar-refractivity contribution is 0.203. The van der Waals surface area contributed by atoms with Gasteiger partial charge in [-0.2, -0.15) is 0 Å². The number of rotatable bonds is 6. The van der Waals surface area contributed by atoms with E-state index in [1.807, 2.05) is 12.1 Å². The smallest absolute Gasteiger partial charge is 0.138 e. The minimum Gasteiger partial charge on any atom is -0.395 e. The van der Waals surface area contributed by atoms with Crippen LogP contribution in [0.5, 0.6) is 0 Å². The third kappa shape index (κ3) is 5.15. The number of halogens is 1. The van der Waals surface area contributed by atoms with Crippen molar-refractivity contribution in [3.05, 3.63) is 35.1 Å². The molecular weight excluding hydrogens is 265 g/mol. The summed E-state index contributed by atoms with van der Waals surface area (Å²) in [5.74, 6) is 6.15. The van der Waals surface area contributed by atoms with Crippen LogP contribution in [0.4, 0.5) is 4.39 Å². The van der Waals surface area contributed by atoms with Crippen molar-refractivity contribution in [2.45, 2.75) is 45.7 Å². The third-order valence-corrected chi connectivity index (χ3v) is 3.80. The Balaban J connectivity index is 2.08. The van der Waals surface area contributed by atoms with Crippen LogP contribution in [0.3, 0.4) is 0 Å². The zero-order valence-electron chi connectivity index (χ0n) is 12.9. The molecule has 114 valence electrons. The second-order valence-corrected chi connectivity index (χ2v) is 6.06. The fraction of sp³-hybridized carbons (Fsp3) is 0.556. The molecule has 2 nitrogen and oxygen atoms in total. The Bertz CT molecular complexity index is 526. The minimum absolute atomic E-state index is 0.0107. The van der Waals surface area contributed by atoms with Crippen LogP contribution >= 0.6 is 0 Å². The summed E-state index contributed by atoms with van der Waals surface area (Å²) < 4.78 is 13.7. The van der Waals surface area contributed by atoms with Crippen molar-refractivity contribution in [3.63, 3.8) is 0 Å². The lowest BCUT2D eigenvalue weighted by Gasteiger charge is -2.26. The molecule has 1 aromatic carbocycles. The van der Waals surface area contributed by atoms with Crippen molar-refractivity contribution in [1.29, 1.82) is 0 Å². The highest BCUT2D eigenvalue weighted by atomic mass is 19.1. The molecule has 0 saturated heterocycles. The molecular formula is C18H24FNO. The lowest BCUT2D eigenvalue weighted by atomic mass is 10.1. The van der Waals surface area contributed by atoms with Crippen LogP contribution in [0, 0.1) is 23.6 Å². The molecule has 1 fully saturated rings. The van der Waals surface area contributed by atoms with Crippen LogP contribution in [0.1, 0.15) is 44.2 Å². The summed E-state index contributed by atoms with van der Waals surface area (Å²) in [7, 11) is 0. The number of nitrogens with zero attached hydrogens (tertiary/aromatic N) is 1. The molecule has 1 aliphatic carbocycles. The minimum atomic E-state index is -0.289. The Morgan fingerprint density at radius 1 is 1.38 bits per heavy atom. The monoisotopic (exact) mass is 289 g/mol. The van der Waals surface area contributed by atoms with Crippen molar-refractivity contribution in [2.24, 2.45) is 5.92 Å². The Hall–Kier alpha value is -1.37. The highest BCUT2D eigenvalue weighted by Crippen LogP contribution is 2.30. The van der Waals surface area contributed by atoms with E-state index in [9.17, 15) is 4.39 Å². The molecule has 0 amide bonds. The molecule has 0 spiro atoms. The lowest BCUT2D eigenvalue weighted by Crippen LogP contribution is -2.32. The molecule has 3 heteroatoms. The van der Waals surface area contributed by atoms with E-state index in [1.54, 1.807) is 0 Å². The van der Waals surface area contributed by atoms with Crippen LogP contribution in [0.2, 0.25) is 0 Å². The number of aliphatic hydroxyl groups excluding tert-OH is 1. The maximum atomic E-state index is 13.7. The van der Waals surface area contributed by atoms with Gasteiger partial charge in [0.15, 0.2) is 0 Å². The molecule has 0 aromatic heterocycles. The average Bonchev–Trinajstić information content (AvgIpc) is 3.25. The normalized spacial score (nSPS) is 14.4. The van der Waals surface area contributed by atoms with Gasteiger partial charge in [0.2, 0.25) is 0 Å². The van der Waals surface area contributed by atoms with Crippen LogP contribution in [-0.2, 0) is 6.54 Å². The molecule has 0 heterocycles. The van der Waals surface area contributed by atoms with Crippen LogP contribution in [-0.4, -0.2) is 29.2 Å². The van der Waals surface area contributed by atoms with Crippen molar-refractivity contribution < 1.29 is 9.50 Å². The predicted molar refractivity (Wildman–Crippen MR) is 83.3 cm³/mol. The first-order valence-electron chi connectivity index (χ1n) is 7.72. The Labute approximate surface area is 127 Å². The molecule has 0 unspecified atom stereocenters. The second kappa shape index (κ2) is 7.59.